The van der Waals surface area contributed by atoms with Crippen LogP contribution in [0.4, 0.5) is 0 Å². The smallest absolute Gasteiger partial charge is 0.230 e. The van der Waals surface area contributed by atoms with Gasteiger partial charge in [0.1, 0.15) is 18.5 Å². The molecule has 1 aromatic carbocycles. The summed E-state index contributed by atoms with van der Waals surface area (Å²) in [5, 5.41) is 12.5. The van der Waals surface area contributed by atoms with Crippen LogP contribution in [-0.4, -0.2) is 45.7 Å². The molecule has 0 bridgehead atoms. The van der Waals surface area contributed by atoms with E-state index in [2.05, 4.69) is 20.1 Å². The van der Waals surface area contributed by atoms with Gasteiger partial charge in [-0.15, -0.1) is 10.2 Å². The Morgan fingerprint density at radius 2 is 2.00 bits per heavy atom. The van der Waals surface area contributed by atoms with Gasteiger partial charge >= 0.3 is 0 Å². The summed E-state index contributed by atoms with van der Waals surface area (Å²) in [7, 11) is 0. The molecule has 2 aromatic rings. The molecule has 2 aliphatic carbocycles. The first-order valence-electron chi connectivity index (χ1n) is 9.50. The van der Waals surface area contributed by atoms with E-state index in [4.69, 9.17) is 9.47 Å². The van der Waals surface area contributed by atoms with Gasteiger partial charge in [-0.25, -0.2) is 0 Å². The lowest BCUT2D eigenvalue weighted by Crippen LogP contribution is -2.41. The van der Waals surface area contributed by atoms with Crippen LogP contribution in [0.5, 0.6) is 11.5 Å². The minimum atomic E-state index is -0.176. The second-order valence-corrected chi connectivity index (χ2v) is 8.25. The van der Waals surface area contributed by atoms with Crippen LogP contribution < -0.4 is 14.8 Å². The first kappa shape index (κ1) is 16.9. The number of amides is 1. The Morgan fingerprint density at radius 1 is 1.19 bits per heavy atom. The summed E-state index contributed by atoms with van der Waals surface area (Å²) in [6, 6.07) is 8.12. The maximum Gasteiger partial charge on any atom is 0.230 e. The van der Waals surface area contributed by atoms with E-state index in [1.807, 2.05) is 24.3 Å². The lowest BCUT2D eigenvalue weighted by Gasteiger charge is -2.26. The molecule has 0 spiro atoms. The first-order valence-corrected chi connectivity index (χ1v) is 10.5. The average Bonchev–Trinajstić information content (AvgIpc) is 3.63. The second-order valence-electron chi connectivity index (χ2n) is 7.31. The SMILES string of the molecule is O=C(CSc1nnc(C2CC2)n1C1CC1)NC[C@H]1COc2ccccc2O1. The molecule has 3 aliphatic rings. The van der Waals surface area contributed by atoms with Gasteiger partial charge < -0.3 is 19.4 Å². The van der Waals surface area contributed by atoms with E-state index in [1.54, 1.807) is 0 Å². The van der Waals surface area contributed by atoms with Crippen LogP contribution in [0.1, 0.15) is 43.5 Å². The van der Waals surface area contributed by atoms with Crippen LogP contribution in [-0.2, 0) is 4.79 Å². The van der Waals surface area contributed by atoms with Gasteiger partial charge in [-0.05, 0) is 37.8 Å². The molecule has 142 valence electrons. The van der Waals surface area contributed by atoms with Gasteiger partial charge in [0.25, 0.3) is 0 Å². The van der Waals surface area contributed by atoms with Crippen LogP contribution in [0, 0.1) is 0 Å². The molecular formula is C19H22N4O3S. The van der Waals surface area contributed by atoms with E-state index < -0.39 is 0 Å². The fraction of sp³-hybridized carbons (Fsp3) is 0.526. The number of benzene rings is 1. The predicted octanol–water partition coefficient (Wildman–Crippen LogP) is 2.54. The zero-order valence-electron chi connectivity index (χ0n) is 15.0. The molecular weight excluding hydrogens is 364 g/mol. The van der Waals surface area contributed by atoms with Crippen LogP contribution >= 0.6 is 11.8 Å². The van der Waals surface area contributed by atoms with Gasteiger partial charge in [-0.2, -0.15) is 0 Å². The van der Waals surface area contributed by atoms with E-state index in [0.29, 0.717) is 30.9 Å². The van der Waals surface area contributed by atoms with Crippen molar-refractivity contribution in [2.24, 2.45) is 0 Å². The molecule has 0 saturated heterocycles. The zero-order chi connectivity index (χ0) is 18.2. The Kier molecular flexibility index (Phi) is 4.43. The van der Waals surface area contributed by atoms with E-state index in [1.165, 1.54) is 37.4 Å². The molecule has 5 rings (SSSR count). The van der Waals surface area contributed by atoms with E-state index in [-0.39, 0.29) is 12.0 Å². The molecule has 27 heavy (non-hydrogen) atoms. The molecule has 7 nitrogen and oxygen atoms in total. The Labute approximate surface area is 161 Å². The molecule has 1 amide bonds. The van der Waals surface area contributed by atoms with Gasteiger partial charge in [0.05, 0.1) is 12.3 Å². The van der Waals surface area contributed by atoms with Crippen molar-refractivity contribution >= 4 is 17.7 Å². The predicted molar refractivity (Wildman–Crippen MR) is 100 cm³/mol. The molecule has 1 aliphatic heterocycles. The number of ether oxygens (including phenoxy) is 2. The third-order valence-corrected chi connectivity index (χ3v) is 5.92. The molecule has 2 saturated carbocycles. The summed E-state index contributed by atoms with van der Waals surface area (Å²) in [5.74, 6) is 3.48. The number of nitrogens with one attached hydrogen (secondary N) is 1. The van der Waals surface area contributed by atoms with Crippen molar-refractivity contribution in [1.82, 2.24) is 20.1 Å². The number of para-hydroxylation sites is 2. The first-order chi connectivity index (χ1) is 13.3. The number of fused-ring (bicyclic) bond motifs is 1. The summed E-state index contributed by atoms with van der Waals surface area (Å²) in [4.78, 5) is 12.3. The fourth-order valence-electron chi connectivity index (χ4n) is 3.26. The van der Waals surface area contributed by atoms with Crippen LogP contribution in [0.2, 0.25) is 0 Å². The fourth-order valence-corrected chi connectivity index (χ4v) is 4.10. The van der Waals surface area contributed by atoms with Gasteiger partial charge in [0.15, 0.2) is 16.7 Å². The van der Waals surface area contributed by atoms with Crippen molar-refractivity contribution in [1.29, 1.82) is 0 Å². The number of carbonyl (C=O) groups is 1. The third-order valence-electron chi connectivity index (χ3n) is 4.97. The molecule has 8 heteroatoms. The highest BCUT2D eigenvalue weighted by molar-refractivity contribution is 7.99. The Bertz CT molecular complexity index is 847. The van der Waals surface area contributed by atoms with Crippen LogP contribution in [0.3, 0.4) is 0 Å². The highest BCUT2D eigenvalue weighted by atomic mass is 32.2. The minimum Gasteiger partial charge on any atom is -0.486 e. The molecule has 1 atom stereocenters. The maximum absolute atomic E-state index is 12.3. The van der Waals surface area contributed by atoms with Crippen molar-refractivity contribution in [3.8, 4) is 11.5 Å². The van der Waals surface area contributed by atoms with Gasteiger partial charge in [0.2, 0.25) is 5.91 Å². The maximum atomic E-state index is 12.3. The molecule has 1 aromatic heterocycles. The van der Waals surface area contributed by atoms with Gasteiger partial charge in [-0.3, -0.25) is 4.79 Å². The Balaban J connectivity index is 1.12. The number of hydrogen-bond acceptors (Lipinski definition) is 6. The minimum absolute atomic E-state index is 0.0271. The van der Waals surface area contributed by atoms with Crippen molar-refractivity contribution in [2.75, 3.05) is 18.9 Å². The van der Waals surface area contributed by atoms with Gasteiger partial charge in [-0.1, -0.05) is 23.9 Å². The summed E-state index contributed by atoms with van der Waals surface area (Å²) in [6.45, 7) is 0.863. The molecule has 1 N–H and O–H groups in total. The van der Waals surface area contributed by atoms with Gasteiger partial charge in [0, 0.05) is 12.0 Å². The van der Waals surface area contributed by atoms with E-state index in [0.717, 1.165) is 22.5 Å². The molecule has 2 fully saturated rings. The zero-order valence-corrected chi connectivity index (χ0v) is 15.8. The lowest BCUT2D eigenvalue weighted by atomic mass is 10.2. The topological polar surface area (TPSA) is 78.3 Å². The van der Waals surface area contributed by atoms with Crippen LogP contribution in [0.25, 0.3) is 0 Å². The van der Waals surface area contributed by atoms with Crippen molar-refractivity contribution in [3.63, 3.8) is 0 Å². The molecule has 0 unspecified atom stereocenters. The summed E-state index contributed by atoms with van der Waals surface area (Å²) in [6.07, 6.45) is 4.63. The van der Waals surface area contributed by atoms with E-state index in [9.17, 15) is 4.79 Å². The summed E-state index contributed by atoms with van der Waals surface area (Å²) >= 11 is 1.47. The number of hydrogen-bond donors (Lipinski definition) is 1. The highest BCUT2D eigenvalue weighted by Gasteiger charge is 2.36. The number of carbonyl (C=O) groups excluding carboxylic acids is 1. The van der Waals surface area contributed by atoms with Crippen molar-refractivity contribution < 1.29 is 14.3 Å². The van der Waals surface area contributed by atoms with Crippen LogP contribution in [0.15, 0.2) is 29.4 Å². The number of nitrogens with zero attached hydrogens (tertiary/aromatic N) is 3. The summed E-state index contributed by atoms with van der Waals surface area (Å²) in [5.41, 5.74) is 0. The second kappa shape index (κ2) is 7.07. The largest absolute Gasteiger partial charge is 0.486 e. The number of thioether (sulfide) groups is 1. The monoisotopic (exact) mass is 386 g/mol. The Hall–Kier alpha value is -2.22. The lowest BCUT2D eigenvalue weighted by molar-refractivity contribution is -0.119. The normalized spacial score (nSPS) is 21.1. The Morgan fingerprint density at radius 3 is 2.78 bits per heavy atom. The average molecular weight is 386 g/mol. The summed E-state index contributed by atoms with van der Waals surface area (Å²) < 4.78 is 13.8. The van der Waals surface area contributed by atoms with Crippen molar-refractivity contribution in [3.05, 3.63) is 30.1 Å². The standard InChI is InChI=1S/C19H22N4O3S/c24-17(20-9-14-10-25-15-3-1-2-4-16(15)26-14)11-27-19-22-21-18(12-5-6-12)23(19)13-7-8-13/h1-4,12-14H,5-11H2,(H,20,24)/t14-/m0/s1. The quantitative estimate of drug-likeness (QED) is 0.737. The third kappa shape index (κ3) is 3.76. The molecule has 0 radical (unpaired) electrons. The number of aromatic nitrogens is 3. The molecule has 2 heterocycles. The highest BCUT2D eigenvalue weighted by Crippen LogP contribution is 2.45. The van der Waals surface area contributed by atoms with E-state index >= 15 is 0 Å². The van der Waals surface area contributed by atoms with Crippen molar-refractivity contribution in [2.45, 2.75) is 48.9 Å². The number of rotatable bonds is 7.